The first kappa shape index (κ1) is 17.8. The summed E-state index contributed by atoms with van der Waals surface area (Å²) in [6, 6.07) is 0. The molecule has 1 rings (SSSR count). The van der Waals surface area contributed by atoms with Crippen LogP contribution in [0.25, 0.3) is 0 Å². The molecule has 1 aliphatic carbocycles. The van der Waals surface area contributed by atoms with Gasteiger partial charge in [-0.25, -0.2) is 0 Å². The van der Waals surface area contributed by atoms with E-state index < -0.39 is 12.7 Å². The molecule has 0 amide bonds. The molecule has 1 fully saturated rings. The van der Waals surface area contributed by atoms with Gasteiger partial charge in [0.25, 0.3) is 0 Å². The van der Waals surface area contributed by atoms with Crippen LogP contribution in [0.4, 0.5) is 13.2 Å². The monoisotopic (exact) mass is 294 g/mol. The van der Waals surface area contributed by atoms with E-state index in [1.807, 2.05) is 13.8 Å². The second kappa shape index (κ2) is 7.64. The molecular weight excluding hydrogens is 265 g/mol. The largest absolute Gasteiger partial charge is 0.401 e. The van der Waals surface area contributed by atoms with Crippen molar-refractivity contribution < 1.29 is 13.2 Å². The van der Waals surface area contributed by atoms with Gasteiger partial charge in [0.2, 0.25) is 0 Å². The molecule has 0 aliphatic heterocycles. The number of hydrogen-bond acceptors (Lipinski definition) is 2. The summed E-state index contributed by atoms with van der Waals surface area (Å²) >= 11 is 0. The summed E-state index contributed by atoms with van der Waals surface area (Å²) in [6.07, 6.45) is 0.318. The number of rotatable bonds is 7. The van der Waals surface area contributed by atoms with Gasteiger partial charge in [0.05, 0.1) is 6.54 Å². The van der Waals surface area contributed by atoms with Crippen LogP contribution in [0.1, 0.15) is 46.5 Å². The lowest BCUT2D eigenvalue weighted by atomic mass is 9.69. The molecule has 0 aromatic rings. The van der Waals surface area contributed by atoms with Gasteiger partial charge in [-0.15, -0.1) is 0 Å². The second-order valence-electron chi connectivity index (χ2n) is 6.40. The molecule has 0 aromatic carbocycles. The lowest BCUT2D eigenvalue weighted by Crippen LogP contribution is -2.48. The molecule has 0 radical (unpaired) electrons. The van der Waals surface area contributed by atoms with Crippen LogP contribution < -0.4 is 5.32 Å². The maximum Gasteiger partial charge on any atom is 0.401 e. The van der Waals surface area contributed by atoms with Crippen LogP contribution in [-0.2, 0) is 0 Å². The maximum absolute atomic E-state index is 12.6. The molecule has 120 valence electrons. The summed E-state index contributed by atoms with van der Waals surface area (Å²) in [5.74, 6) is 0.618. The quantitative estimate of drug-likeness (QED) is 0.770. The Morgan fingerprint density at radius 3 is 2.50 bits per heavy atom. The standard InChI is InChI=1S/C15H29F3N2/c1-4-19-10-14(8-6-7-13(3)9-14)11-20(5-2)12-15(16,17)18/h13,19H,4-12H2,1-3H3. The van der Waals surface area contributed by atoms with E-state index >= 15 is 0 Å². The van der Waals surface area contributed by atoms with Crippen LogP contribution in [0.15, 0.2) is 0 Å². The van der Waals surface area contributed by atoms with Crippen LogP contribution in [0, 0.1) is 11.3 Å². The van der Waals surface area contributed by atoms with Gasteiger partial charge in [-0.1, -0.05) is 33.6 Å². The van der Waals surface area contributed by atoms with Crippen molar-refractivity contribution >= 4 is 0 Å². The third-order valence-electron chi connectivity index (χ3n) is 4.34. The summed E-state index contributed by atoms with van der Waals surface area (Å²) < 4.78 is 37.9. The van der Waals surface area contributed by atoms with E-state index in [4.69, 9.17) is 0 Å². The highest BCUT2D eigenvalue weighted by atomic mass is 19.4. The van der Waals surface area contributed by atoms with Crippen molar-refractivity contribution in [3.05, 3.63) is 0 Å². The SMILES string of the molecule is CCNCC1(CN(CC)CC(F)(F)F)CCCC(C)C1. The van der Waals surface area contributed by atoms with E-state index in [9.17, 15) is 13.2 Å². The Labute approximate surface area is 121 Å². The van der Waals surface area contributed by atoms with Crippen molar-refractivity contribution in [2.24, 2.45) is 11.3 Å². The van der Waals surface area contributed by atoms with Crippen molar-refractivity contribution in [1.82, 2.24) is 10.2 Å². The highest BCUT2D eigenvalue weighted by Crippen LogP contribution is 2.40. The van der Waals surface area contributed by atoms with Gasteiger partial charge in [0, 0.05) is 13.1 Å². The zero-order valence-electron chi connectivity index (χ0n) is 13.0. The van der Waals surface area contributed by atoms with Crippen molar-refractivity contribution in [3.63, 3.8) is 0 Å². The second-order valence-corrected chi connectivity index (χ2v) is 6.40. The van der Waals surface area contributed by atoms with Gasteiger partial charge >= 0.3 is 6.18 Å². The zero-order valence-corrected chi connectivity index (χ0v) is 13.0. The fraction of sp³-hybridized carbons (Fsp3) is 1.00. The fourth-order valence-electron chi connectivity index (χ4n) is 3.53. The third kappa shape index (κ3) is 6.00. The van der Waals surface area contributed by atoms with Crippen molar-refractivity contribution in [2.75, 3.05) is 32.7 Å². The highest BCUT2D eigenvalue weighted by Gasteiger charge is 2.38. The third-order valence-corrected chi connectivity index (χ3v) is 4.34. The smallest absolute Gasteiger partial charge is 0.316 e. The van der Waals surface area contributed by atoms with Gasteiger partial charge in [-0.05, 0) is 37.3 Å². The summed E-state index contributed by atoms with van der Waals surface area (Å²) in [5.41, 5.74) is 0.00887. The van der Waals surface area contributed by atoms with Gasteiger partial charge < -0.3 is 5.32 Å². The normalized spacial score (nSPS) is 28.1. The average molecular weight is 294 g/mol. The van der Waals surface area contributed by atoms with E-state index in [-0.39, 0.29) is 5.41 Å². The number of nitrogens with one attached hydrogen (secondary N) is 1. The maximum atomic E-state index is 12.6. The van der Waals surface area contributed by atoms with E-state index in [0.717, 1.165) is 32.4 Å². The number of hydrogen-bond donors (Lipinski definition) is 1. The predicted molar refractivity (Wildman–Crippen MR) is 76.8 cm³/mol. The lowest BCUT2D eigenvalue weighted by Gasteiger charge is -2.43. The topological polar surface area (TPSA) is 15.3 Å². The molecule has 1 saturated carbocycles. The van der Waals surface area contributed by atoms with E-state index in [1.165, 1.54) is 6.42 Å². The van der Waals surface area contributed by atoms with Crippen molar-refractivity contribution in [3.8, 4) is 0 Å². The number of halogens is 3. The highest BCUT2D eigenvalue weighted by molar-refractivity contribution is 4.90. The molecule has 5 heteroatoms. The summed E-state index contributed by atoms with van der Waals surface area (Å²) in [4.78, 5) is 1.56. The van der Waals surface area contributed by atoms with Gasteiger partial charge in [-0.3, -0.25) is 4.90 Å². The van der Waals surface area contributed by atoms with E-state index in [2.05, 4.69) is 12.2 Å². The first-order valence-corrected chi connectivity index (χ1v) is 7.80. The minimum Gasteiger partial charge on any atom is -0.316 e. The van der Waals surface area contributed by atoms with Gasteiger partial charge in [0.1, 0.15) is 0 Å². The predicted octanol–water partition coefficient (Wildman–Crippen LogP) is 3.68. The number of nitrogens with zero attached hydrogens (tertiary/aromatic N) is 1. The molecule has 2 atom stereocenters. The molecule has 0 spiro atoms. The molecule has 0 saturated heterocycles. The summed E-state index contributed by atoms with van der Waals surface area (Å²) in [7, 11) is 0. The molecule has 2 nitrogen and oxygen atoms in total. The Kier molecular flexibility index (Phi) is 6.79. The Balaban J connectivity index is 2.71. The van der Waals surface area contributed by atoms with Crippen molar-refractivity contribution in [2.45, 2.75) is 52.6 Å². The Bertz CT molecular complexity index is 281. The Morgan fingerprint density at radius 2 is 2.00 bits per heavy atom. The summed E-state index contributed by atoms with van der Waals surface area (Å²) in [5, 5.41) is 3.36. The fourth-order valence-corrected chi connectivity index (χ4v) is 3.53. The number of alkyl halides is 3. The minimum atomic E-state index is -4.10. The molecule has 0 aromatic heterocycles. The summed E-state index contributed by atoms with van der Waals surface area (Å²) in [6.45, 7) is 8.03. The van der Waals surface area contributed by atoms with Crippen LogP contribution in [0.5, 0.6) is 0 Å². The van der Waals surface area contributed by atoms with Gasteiger partial charge in [0.15, 0.2) is 0 Å². The van der Waals surface area contributed by atoms with Crippen LogP contribution in [0.3, 0.4) is 0 Å². The zero-order chi connectivity index (χ0) is 15.2. The average Bonchev–Trinajstić information content (AvgIpc) is 2.34. The van der Waals surface area contributed by atoms with Gasteiger partial charge in [-0.2, -0.15) is 13.2 Å². The molecule has 1 N–H and O–H groups in total. The minimum absolute atomic E-state index is 0.00887. The first-order chi connectivity index (χ1) is 9.30. The molecule has 2 unspecified atom stereocenters. The molecule has 0 heterocycles. The Morgan fingerprint density at radius 1 is 1.30 bits per heavy atom. The molecular formula is C15H29F3N2. The first-order valence-electron chi connectivity index (χ1n) is 7.80. The lowest BCUT2D eigenvalue weighted by molar-refractivity contribution is -0.149. The van der Waals surface area contributed by atoms with E-state index in [0.29, 0.717) is 19.0 Å². The van der Waals surface area contributed by atoms with Crippen LogP contribution in [-0.4, -0.2) is 43.8 Å². The molecule has 0 bridgehead atoms. The van der Waals surface area contributed by atoms with Crippen LogP contribution in [0.2, 0.25) is 0 Å². The molecule has 20 heavy (non-hydrogen) atoms. The van der Waals surface area contributed by atoms with E-state index in [1.54, 1.807) is 4.90 Å². The van der Waals surface area contributed by atoms with Crippen molar-refractivity contribution in [1.29, 1.82) is 0 Å². The van der Waals surface area contributed by atoms with Crippen LogP contribution >= 0.6 is 0 Å². The Hall–Kier alpha value is -0.290. The molecule has 1 aliphatic rings.